The van der Waals surface area contributed by atoms with Crippen molar-refractivity contribution >= 4 is 29.1 Å². The van der Waals surface area contributed by atoms with Crippen LogP contribution in [0.25, 0.3) is 0 Å². The third-order valence-electron chi connectivity index (χ3n) is 5.30. The van der Waals surface area contributed by atoms with Gasteiger partial charge < -0.3 is 0 Å². The second-order valence-corrected chi connectivity index (χ2v) is 7.50. The molecule has 140 valence electrons. The third kappa shape index (κ3) is 3.90. The molecule has 2 amide bonds. The molecule has 0 aliphatic carbocycles. The summed E-state index contributed by atoms with van der Waals surface area (Å²) in [6.07, 6.45) is 0.269. The van der Waals surface area contributed by atoms with E-state index in [2.05, 4.69) is 9.80 Å². The summed E-state index contributed by atoms with van der Waals surface area (Å²) in [5, 5.41) is 0.746. The van der Waals surface area contributed by atoms with Crippen molar-refractivity contribution in [1.29, 1.82) is 0 Å². The number of carbonyl (C=O) groups excluding carboxylic acids is 2. The van der Waals surface area contributed by atoms with Gasteiger partial charge in [0.2, 0.25) is 5.91 Å². The molecule has 1 atom stereocenters. The highest BCUT2D eigenvalue weighted by Gasteiger charge is 2.43. The Hall–Kier alpha value is -2.21. The number of piperazine rings is 1. The molecular weight excluding hydrogens is 362 g/mol. The van der Waals surface area contributed by atoms with Gasteiger partial charge in [-0.3, -0.25) is 19.4 Å². The molecule has 0 aromatic heterocycles. The van der Waals surface area contributed by atoms with E-state index in [4.69, 9.17) is 11.6 Å². The first-order chi connectivity index (χ1) is 13.1. The van der Waals surface area contributed by atoms with Crippen molar-refractivity contribution in [2.75, 3.05) is 31.1 Å². The lowest BCUT2D eigenvalue weighted by Gasteiger charge is -2.37. The van der Waals surface area contributed by atoms with E-state index in [1.54, 1.807) is 0 Å². The number of imide groups is 1. The Morgan fingerprint density at radius 2 is 1.56 bits per heavy atom. The predicted octanol–water partition coefficient (Wildman–Crippen LogP) is 2.79. The van der Waals surface area contributed by atoms with Gasteiger partial charge in [-0.15, -0.1) is 0 Å². The quantitative estimate of drug-likeness (QED) is 0.761. The molecule has 1 unspecified atom stereocenters. The van der Waals surface area contributed by atoms with Crippen LogP contribution in [0.4, 0.5) is 5.69 Å². The average molecular weight is 384 g/mol. The van der Waals surface area contributed by atoms with Crippen LogP contribution in [0.2, 0.25) is 5.02 Å². The number of rotatable bonds is 4. The first kappa shape index (κ1) is 18.2. The Morgan fingerprint density at radius 3 is 2.22 bits per heavy atom. The van der Waals surface area contributed by atoms with Gasteiger partial charge in [-0.25, -0.2) is 4.90 Å². The first-order valence-corrected chi connectivity index (χ1v) is 9.62. The van der Waals surface area contributed by atoms with Crippen LogP contribution in [-0.2, 0) is 16.1 Å². The van der Waals surface area contributed by atoms with Gasteiger partial charge in [-0.2, -0.15) is 0 Å². The number of hydrogen-bond acceptors (Lipinski definition) is 4. The van der Waals surface area contributed by atoms with E-state index < -0.39 is 0 Å². The van der Waals surface area contributed by atoms with Crippen LogP contribution < -0.4 is 4.90 Å². The molecule has 27 heavy (non-hydrogen) atoms. The van der Waals surface area contributed by atoms with Crippen molar-refractivity contribution in [3.63, 3.8) is 0 Å². The highest BCUT2D eigenvalue weighted by Crippen LogP contribution is 2.26. The van der Waals surface area contributed by atoms with Gasteiger partial charge in [-0.05, 0) is 29.8 Å². The fourth-order valence-corrected chi connectivity index (χ4v) is 3.96. The minimum Gasteiger partial charge on any atom is -0.297 e. The fraction of sp³-hybridized carbons (Fsp3) is 0.333. The number of nitrogens with zero attached hydrogens (tertiary/aromatic N) is 3. The summed E-state index contributed by atoms with van der Waals surface area (Å²) in [7, 11) is 0. The largest absolute Gasteiger partial charge is 0.297 e. The molecule has 2 aromatic rings. The number of hydrogen-bond donors (Lipinski definition) is 0. The lowest BCUT2D eigenvalue weighted by molar-refractivity contribution is -0.123. The van der Waals surface area contributed by atoms with Crippen LogP contribution in [0.5, 0.6) is 0 Å². The minimum absolute atomic E-state index is 0.0997. The molecule has 0 spiro atoms. The van der Waals surface area contributed by atoms with Crippen LogP contribution in [-0.4, -0.2) is 53.8 Å². The van der Waals surface area contributed by atoms with E-state index in [1.807, 2.05) is 54.6 Å². The van der Waals surface area contributed by atoms with Crippen LogP contribution in [0.15, 0.2) is 54.6 Å². The minimum atomic E-state index is -0.338. The maximum atomic E-state index is 12.9. The predicted molar refractivity (Wildman–Crippen MR) is 106 cm³/mol. The highest BCUT2D eigenvalue weighted by atomic mass is 35.5. The summed E-state index contributed by atoms with van der Waals surface area (Å²) >= 11 is 5.94. The lowest BCUT2D eigenvalue weighted by atomic mass is 10.1. The molecule has 0 N–H and O–H groups in total. The zero-order valence-corrected chi connectivity index (χ0v) is 15.8. The number of amides is 2. The molecular formula is C21H22ClN3O2. The van der Waals surface area contributed by atoms with Gasteiger partial charge in [0.15, 0.2) is 0 Å². The summed E-state index contributed by atoms with van der Waals surface area (Å²) in [6, 6.07) is 16.8. The Balaban J connectivity index is 1.36. The zero-order valence-electron chi connectivity index (χ0n) is 15.1. The standard InChI is InChI=1S/C21H22ClN3O2/c22-17-8-6-16(7-9-17)15-23-10-12-24(13-11-23)19-14-20(26)25(21(19)27)18-4-2-1-3-5-18/h1-9,19H,10-15H2. The van der Waals surface area contributed by atoms with Crippen molar-refractivity contribution in [2.24, 2.45) is 0 Å². The molecule has 0 radical (unpaired) electrons. The first-order valence-electron chi connectivity index (χ1n) is 9.24. The Kier molecular flexibility index (Phi) is 5.25. The van der Waals surface area contributed by atoms with E-state index >= 15 is 0 Å². The summed E-state index contributed by atoms with van der Waals surface area (Å²) in [4.78, 5) is 31.1. The van der Waals surface area contributed by atoms with Gasteiger partial charge in [0.25, 0.3) is 5.91 Å². The normalized spacial score (nSPS) is 21.8. The summed E-state index contributed by atoms with van der Waals surface area (Å²) in [5.41, 5.74) is 1.89. The SMILES string of the molecule is O=C1CC(N2CCN(Cc3ccc(Cl)cc3)CC2)C(=O)N1c1ccccc1. The number of anilines is 1. The maximum absolute atomic E-state index is 12.9. The smallest absolute Gasteiger partial charge is 0.251 e. The Labute approximate surface area is 164 Å². The van der Waals surface area contributed by atoms with E-state index in [-0.39, 0.29) is 24.3 Å². The van der Waals surface area contributed by atoms with Crippen molar-refractivity contribution in [3.05, 3.63) is 65.2 Å². The number of halogens is 1. The molecule has 5 nitrogen and oxygen atoms in total. The van der Waals surface area contributed by atoms with E-state index in [1.165, 1.54) is 10.5 Å². The average Bonchev–Trinajstić information content (AvgIpc) is 2.99. The third-order valence-corrected chi connectivity index (χ3v) is 5.56. The van der Waals surface area contributed by atoms with Gasteiger partial charge in [0.1, 0.15) is 0 Å². The van der Waals surface area contributed by atoms with Crippen LogP contribution in [0.1, 0.15) is 12.0 Å². The van der Waals surface area contributed by atoms with E-state index in [0.29, 0.717) is 5.69 Å². The Morgan fingerprint density at radius 1 is 0.889 bits per heavy atom. The van der Waals surface area contributed by atoms with E-state index in [9.17, 15) is 9.59 Å². The number of para-hydroxylation sites is 1. The summed E-state index contributed by atoms with van der Waals surface area (Å²) in [5.74, 6) is -0.211. The molecule has 2 aliphatic rings. The van der Waals surface area contributed by atoms with Crippen molar-refractivity contribution in [1.82, 2.24) is 9.80 Å². The molecule has 2 fully saturated rings. The summed E-state index contributed by atoms with van der Waals surface area (Å²) < 4.78 is 0. The van der Waals surface area contributed by atoms with Crippen LogP contribution in [0, 0.1) is 0 Å². The molecule has 2 saturated heterocycles. The topological polar surface area (TPSA) is 43.9 Å². The fourth-order valence-electron chi connectivity index (χ4n) is 3.83. The molecule has 4 rings (SSSR count). The van der Waals surface area contributed by atoms with Crippen molar-refractivity contribution in [3.8, 4) is 0 Å². The van der Waals surface area contributed by atoms with Gasteiger partial charge >= 0.3 is 0 Å². The van der Waals surface area contributed by atoms with Crippen LogP contribution >= 0.6 is 11.6 Å². The van der Waals surface area contributed by atoms with Gasteiger partial charge in [-0.1, -0.05) is 41.9 Å². The highest BCUT2D eigenvalue weighted by molar-refractivity contribution is 6.30. The van der Waals surface area contributed by atoms with Gasteiger partial charge in [0, 0.05) is 37.7 Å². The molecule has 2 aliphatic heterocycles. The zero-order chi connectivity index (χ0) is 18.8. The molecule has 2 heterocycles. The molecule has 0 bridgehead atoms. The van der Waals surface area contributed by atoms with Crippen molar-refractivity contribution < 1.29 is 9.59 Å². The molecule has 2 aromatic carbocycles. The summed E-state index contributed by atoms with van der Waals surface area (Å²) in [6.45, 7) is 4.22. The lowest BCUT2D eigenvalue weighted by Crippen LogP contribution is -2.52. The molecule has 0 saturated carbocycles. The monoisotopic (exact) mass is 383 g/mol. The van der Waals surface area contributed by atoms with Gasteiger partial charge in [0.05, 0.1) is 18.2 Å². The van der Waals surface area contributed by atoms with Crippen LogP contribution in [0.3, 0.4) is 0 Å². The maximum Gasteiger partial charge on any atom is 0.251 e. The molecule has 6 heteroatoms. The van der Waals surface area contributed by atoms with E-state index in [0.717, 1.165) is 37.7 Å². The second-order valence-electron chi connectivity index (χ2n) is 7.06. The number of carbonyl (C=O) groups is 2. The van der Waals surface area contributed by atoms with Crippen molar-refractivity contribution in [2.45, 2.75) is 19.0 Å². The number of benzene rings is 2. The Bertz CT molecular complexity index is 817. The second kappa shape index (κ2) is 7.80.